The highest BCUT2D eigenvalue weighted by molar-refractivity contribution is 5.95. The Morgan fingerprint density at radius 3 is 2.61 bits per heavy atom. The first-order valence-electron chi connectivity index (χ1n) is 5.36. The summed E-state index contributed by atoms with van der Waals surface area (Å²) in [5.41, 5.74) is 6.04. The minimum atomic E-state index is -1.19. The molecule has 18 heavy (non-hydrogen) atoms. The minimum Gasteiger partial charge on any atom is -0.496 e. The first-order valence-corrected chi connectivity index (χ1v) is 5.36. The fourth-order valence-corrected chi connectivity index (χ4v) is 1.39. The summed E-state index contributed by atoms with van der Waals surface area (Å²) in [6.07, 6.45) is -0.991. The van der Waals surface area contributed by atoms with Gasteiger partial charge in [-0.25, -0.2) is 9.59 Å². The fraction of sp³-hybridized carbons (Fsp3) is 0.333. The van der Waals surface area contributed by atoms with Crippen molar-refractivity contribution in [2.75, 3.05) is 12.8 Å². The standard InChI is InChI=1S/C12H15NO5/c1-3-9(11(14)15)18-12(16)8-6-7(13)4-5-10(8)17-2/h4-6,9H,3,13H2,1-2H3,(H,14,15). The van der Waals surface area contributed by atoms with Crippen molar-refractivity contribution in [3.63, 3.8) is 0 Å². The van der Waals surface area contributed by atoms with Crippen molar-refractivity contribution < 1.29 is 24.2 Å². The van der Waals surface area contributed by atoms with E-state index in [0.717, 1.165) is 0 Å². The number of carbonyl (C=O) groups is 2. The van der Waals surface area contributed by atoms with E-state index in [0.29, 0.717) is 5.69 Å². The van der Waals surface area contributed by atoms with Crippen LogP contribution in [0.25, 0.3) is 0 Å². The summed E-state index contributed by atoms with van der Waals surface area (Å²) < 4.78 is 9.86. The summed E-state index contributed by atoms with van der Waals surface area (Å²) in [5.74, 6) is -1.67. The molecule has 0 bridgehead atoms. The lowest BCUT2D eigenvalue weighted by Gasteiger charge is -2.13. The van der Waals surface area contributed by atoms with Crippen LogP contribution >= 0.6 is 0 Å². The smallest absolute Gasteiger partial charge is 0.345 e. The van der Waals surface area contributed by atoms with Gasteiger partial charge in [-0.15, -0.1) is 0 Å². The number of rotatable bonds is 5. The second-order valence-corrected chi connectivity index (χ2v) is 3.60. The van der Waals surface area contributed by atoms with Crippen molar-refractivity contribution >= 4 is 17.6 Å². The maximum absolute atomic E-state index is 11.8. The minimum absolute atomic E-state index is 0.109. The topological polar surface area (TPSA) is 98.9 Å². The number of hydrogen-bond acceptors (Lipinski definition) is 5. The number of nitrogens with two attached hydrogens (primary N) is 1. The molecule has 0 amide bonds. The van der Waals surface area contributed by atoms with Gasteiger partial charge in [-0.05, 0) is 24.6 Å². The number of esters is 1. The van der Waals surface area contributed by atoms with E-state index in [9.17, 15) is 9.59 Å². The van der Waals surface area contributed by atoms with Crippen molar-refractivity contribution in [3.8, 4) is 5.75 Å². The highest BCUT2D eigenvalue weighted by atomic mass is 16.6. The van der Waals surface area contributed by atoms with Crippen molar-refractivity contribution in [2.45, 2.75) is 19.4 Å². The summed E-state index contributed by atoms with van der Waals surface area (Å²) >= 11 is 0. The molecule has 6 heteroatoms. The number of hydrogen-bond donors (Lipinski definition) is 2. The highest BCUT2D eigenvalue weighted by Gasteiger charge is 2.23. The van der Waals surface area contributed by atoms with Crippen LogP contribution in [-0.4, -0.2) is 30.3 Å². The van der Waals surface area contributed by atoms with Gasteiger partial charge >= 0.3 is 11.9 Å². The molecule has 1 aromatic carbocycles. The van der Waals surface area contributed by atoms with Crippen LogP contribution in [0.15, 0.2) is 18.2 Å². The number of benzene rings is 1. The molecular formula is C12H15NO5. The van der Waals surface area contributed by atoms with Gasteiger partial charge in [0.05, 0.1) is 7.11 Å². The summed E-state index contributed by atoms with van der Waals surface area (Å²) in [6.45, 7) is 1.61. The zero-order valence-corrected chi connectivity index (χ0v) is 10.2. The fourth-order valence-electron chi connectivity index (χ4n) is 1.39. The first kappa shape index (κ1) is 13.8. The molecule has 0 saturated heterocycles. The molecule has 0 fully saturated rings. The molecule has 6 nitrogen and oxygen atoms in total. The summed E-state index contributed by atoms with van der Waals surface area (Å²) in [7, 11) is 1.40. The number of aliphatic carboxylic acids is 1. The van der Waals surface area contributed by atoms with Crippen LogP contribution < -0.4 is 10.5 Å². The Labute approximate surface area is 104 Å². The zero-order valence-electron chi connectivity index (χ0n) is 10.2. The maximum atomic E-state index is 11.8. The van der Waals surface area contributed by atoms with Gasteiger partial charge in [0.1, 0.15) is 11.3 Å². The van der Waals surface area contributed by atoms with E-state index in [1.165, 1.54) is 19.2 Å². The van der Waals surface area contributed by atoms with Crippen molar-refractivity contribution in [3.05, 3.63) is 23.8 Å². The number of carbonyl (C=O) groups excluding carboxylic acids is 1. The molecule has 3 N–H and O–H groups in total. The van der Waals surface area contributed by atoms with Crippen LogP contribution in [0.2, 0.25) is 0 Å². The number of ether oxygens (including phenoxy) is 2. The molecule has 0 aromatic heterocycles. The summed E-state index contributed by atoms with van der Waals surface area (Å²) in [4.78, 5) is 22.6. The molecule has 1 unspecified atom stereocenters. The zero-order chi connectivity index (χ0) is 13.7. The molecule has 1 atom stereocenters. The largest absolute Gasteiger partial charge is 0.496 e. The Bertz CT molecular complexity index is 458. The Balaban J connectivity index is 2.96. The molecule has 0 aliphatic carbocycles. The molecule has 98 valence electrons. The lowest BCUT2D eigenvalue weighted by molar-refractivity contribution is -0.147. The Kier molecular flexibility index (Phi) is 4.53. The third-order valence-electron chi connectivity index (χ3n) is 2.34. The van der Waals surface area contributed by atoms with Gasteiger partial charge in [0.25, 0.3) is 0 Å². The van der Waals surface area contributed by atoms with Crippen molar-refractivity contribution in [2.24, 2.45) is 0 Å². The molecule has 0 saturated carbocycles. The molecule has 0 radical (unpaired) electrons. The lowest BCUT2D eigenvalue weighted by Crippen LogP contribution is -2.26. The van der Waals surface area contributed by atoms with Gasteiger partial charge in [0, 0.05) is 5.69 Å². The molecular weight excluding hydrogens is 238 g/mol. The van der Waals surface area contributed by atoms with E-state index in [2.05, 4.69) is 0 Å². The maximum Gasteiger partial charge on any atom is 0.345 e. The normalized spacial score (nSPS) is 11.7. The van der Waals surface area contributed by atoms with E-state index < -0.39 is 18.0 Å². The number of methoxy groups -OCH3 is 1. The van der Waals surface area contributed by atoms with Gasteiger partial charge in [-0.2, -0.15) is 0 Å². The average Bonchev–Trinajstić information content (AvgIpc) is 2.35. The van der Waals surface area contributed by atoms with E-state index in [4.69, 9.17) is 20.3 Å². The second kappa shape index (κ2) is 5.90. The van der Waals surface area contributed by atoms with Crippen molar-refractivity contribution in [1.29, 1.82) is 0 Å². The van der Waals surface area contributed by atoms with Crippen LogP contribution in [0.3, 0.4) is 0 Å². The lowest BCUT2D eigenvalue weighted by atomic mass is 10.1. The average molecular weight is 253 g/mol. The van der Waals surface area contributed by atoms with E-state index in [1.807, 2.05) is 0 Å². The van der Waals surface area contributed by atoms with E-state index in [1.54, 1.807) is 13.0 Å². The summed E-state index contributed by atoms with van der Waals surface area (Å²) in [5, 5.41) is 8.82. The van der Waals surface area contributed by atoms with Crippen LogP contribution in [0.1, 0.15) is 23.7 Å². The van der Waals surface area contributed by atoms with Crippen LogP contribution in [0.5, 0.6) is 5.75 Å². The predicted octanol–water partition coefficient (Wildman–Crippen LogP) is 1.30. The number of carboxylic acid groups (broad SMARTS) is 1. The van der Waals surface area contributed by atoms with Crippen LogP contribution in [0, 0.1) is 0 Å². The third kappa shape index (κ3) is 3.13. The van der Waals surface area contributed by atoms with Gasteiger partial charge < -0.3 is 20.3 Å². The number of nitrogen functional groups attached to an aromatic ring is 1. The van der Waals surface area contributed by atoms with Gasteiger partial charge in [0.15, 0.2) is 6.10 Å². The van der Waals surface area contributed by atoms with Gasteiger partial charge in [-0.1, -0.05) is 6.92 Å². The number of carboxylic acids is 1. The summed E-state index contributed by atoms with van der Waals surface area (Å²) in [6, 6.07) is 4.48. The SMILES string of the molecule is CCC(OC(=O)c1cc(N)ccc1OC)C(=O)O. The second-order valence-electron chi connectivity index (χ2n) is 3.60. The van der Waals surface area contributed by atoms with Crippen LogP contribution in [-0.2, 0) is 9.53 Å². The van der Waals surface area contributed by atoms with E-state index in [-0.39, 0.29) is 17.7 Å². The number of anilines is 1. The van der Waals surface area contributed by atoms with Crippen molar-refractivity contribution in [1.82, 2.24) is 0 Å². The van der Waals surface area contributed by atoms with Gasteiger partial charge in [-0.3, -0.25) is 0 Å². The highest BCUT2D eigenvalue weighted by Crippen LogP contribution is 2.22. The molecule has 1 aromatic rings. The third-order valence-corrected chi connectivity index (χ3v) is 2.34. The molecule has 0 aliphatic heterocycles. The Morgan fingerprint density at radius 1 is 1.44 bits per heavy atom. The Morgan fingerprint density at radius 2 is 2.11 bits per heavy atom. The van der Waals surface area contributed by atoms with E-state index >= 15 is 0 Å². The van der Waals surface area contributed by atoms with Gasteiger partial charge in [0.2, 0.25) is 0 Å². The quantitative estimate of drug-likeness (QED) is 0.606. The Hall–Kier alpha value is -2.24. The predicted molar refractivity (Wildman–Crippen MR) is 64.5 cm³/mol. The molecule has 0 spiro atoms. The first-order chi connectivity index (χ1) is 8.49. The molecule has 0 aliphatic rings. The molecule has 0 heterocycles. The molecule has 1 rings (SSSR count). The van der Waals surface area contributed by atoms with Crippen LogP contribution in [0.4, 0.5) is 5.69 Å². The monoisotopic (exact) mass is 253 g/mol.